The van der Waals surface area contributed by atoms with Crippen molar-refractivity contribution in [3.05, 3.63) is 29.8 Å². The van der Waals surface area contributed by atoms with Gasteiger partial charge in [0.2, 0.25) is 5.91 Å². The summed E-state index contributed by atoms with van der Waals surface area (Å²) in [5.74, 6) is -0.205. The average molecular weight is 277 g/mol. The van der Waals surface area contributed by atoms with E-state index in [1.165, 1.54) is 0 Å². The highest BCUT2D eigenvalue weighted by atomic mass is 16.3. The molecule has 1 atom stereocenters. The van der Waals surface area contributed by atoms with E-state index in [9.17, 15) is 14.7 Å². The number of Topliss-reactive ketones (excluding diaryl/α,β-unsaturated/α-hetero) is 1. The number of rotatable bonds is 6. The highest BCUT2D eigenvalue weighted by Crippen LogP contribution is 2.13. The molecule has 0 saturated carbocycles. The number of aromatic hydroxyl groups is 1. The Morgan fingerprint density at radius 3 is 2.05 bits per heavy atom. The molecule has 0 unspecified atom stereocenters. The fourth-order valence-corrected chi connectivity index (χ4v) is 1.83. The third-order valence-corrected chi connectivity index (χ3v) is 3.13. The van der Waals surface area contributed by atoms with Crippen molar-refractivity contribution in [3.63, 3.8) is 0 Å². The van der Waals surface area contributed by atoms with Crippen LogP contribution < -0.4 is 5.32 Å². The number of amides is 1. The second kappa shape index (κ2) is 7.08. The predicted octanol–water partition coefficient (Wildman–Crippen LogP) is 2.30. The van der Waals surface area contributed by atoms with Gasteiger partial charge >= 0.3 is 0 Å². The molecule has 0 bridgehead atoms. The molecule has 1 aromatic carbocycles. The number of carbonyl (C=O) groups excluding carboxylic acids is 2. The molecule has 0 heterocycles. The summed E-state index contributed by atoms with van der Waals surface area (Å²) in [6, 6.07) is 6.16. The first kappa shape index (κ1) is 16.2. The van der Waals surface area contributed by atoms with Crippen LogP contribution in [-0.2, 0) is 16.0 Å². The zero-order valence-electron chi connectivity index (χ0n) is 12.5. The topological polar surface area (TPSA) is 66.4 Å². The molecule has 1 rings (SSSR count). The van der Waals surface area contributed by atoms with Gasteiger partial charge in [-0.2, -0.15) is 0 Å². The molecule has 4 nitrogen and oxygen atoms in total. The van der Waals surface area contributed by atoms with Crippen LogP contribution in [0.1, 0.15) is 33.3 Å². The lowest BCUT2D eigenvalue weighted by Gasteiger charge is -2.21. The van der Waals surface area contributed by atoms with Crippen molar-refractivity contribution >= 4 is 11.7 Å². The number of phenols is 1. The Morgan fingerprint density at radius 2 is 1.60 bits per heavy atom. The number of phenolic OH excluding ortho intramolecular Hbond substituents is 1. The minimum absolute atomic E-state index is 0.0204. The fraction of sp³-hybridized carbons (Fsp3) is 0.500. The number of nitrogens with one attached hydrogen (secondary N) is 1. The van der Waals surface area contributed by atoms with Gasteiger partial charge in [-0.05, 0) is 24.1 Å². The molecular formula is C16H23NO3. The van der Waals surface area contributed by atoms with Crippen molar-refractivity contribution in [1.29, 1.82) is 0 Å². The summed E-state index contributed by atoms with van der Waals surface area (Å²) < 4.78 is 0. The van der Waals surface area contributed by atoms with Crippen LogP contribution in [0, 0.1) is 11.8 Å². The van der Waals surface area contributed by atoms with Crippen LogP contribution >= 0.6 is 0 Å². The highest BCUT2D eigenvalue weighted by molar-refractivity contribution is 5.90. The van der Waals surface area contributed by atoms with Crippen LogP contribution in [0.3, 0.4) is 0 Å². The molecule has 0 saturated heterocycles. The molecule has 1 aromatic rings. The molecule has 20 heavy (non-hydrogen) atoms. The zero-order valence-corrected chi connectivity index (χ0v) is 12.5. The first-order valence-electron chi connectivity index (χ1n) is 6.93. The summed E-state index contributed by atoms with van der Waals surface area (Å²) in [4.78, 5) is 24.0. The van der Waals surface area contributed by atoms with Crippen LogP contribution in [0.5, 0.6) is 5.75 Å². The number of ketones is 1. The Labute approximate surface area is 120 Å². The van der Waals surface area contributed by atoms with Gasteiger partial charge < -0.3 is 10.4 Å². The monoisotopic (exact) mass is 277 g/mol. The molecule has 0 radical (unpaired) electrons. The lowest BCUT2D eigenvalue weighted by molar-refractivity contribution is -0.130. The van der Waals surface area contributed by atoms with Crippen LogP contribution in [0.25, 0.3) is 0 Å². The summed E-state index contributed by atoms with van der Waals surface area (Å²) in [7, 11) is 0. The number of hydrogen-bond acceptors (Lipinski definition) is 3. The summed E-state index contributed by atoms with van der Waals surface area (Å²) >= 11 is 0. The van der Waals surface area contributed by atoms with E-state index in [2.05, 4.69) is 5.32 Å². The van der Waals surface area contributed by atoms with Crippen LogP contribution in [0.15, 0.2) is 24.3 Å². The Balaban J connectivity index is 2.84. The largest absolute Gasteiger partial charge is 0.508 e. The third kappa shape index (κ3) is 4.68. The summed E-state index contributed by atoms with van der Waals surface area (Å²) in [5, 5.41) is 12.1. The number of benzene rings is 1. The van der Waals surface area contributed by atoms with Crippen molar-refractivity contribution in [3.8, 4) is 5.75 Å². The molecule has 2 N–H and O–H groups in total. The Morgan fingerprint density at radius 1 is 1.05 bits per heavy atom. The number of hydrogen-bond donors (Lipinski definition) is 2. The maximum atomic E-state index is 12.2. The summed E-state index contributed by atoms with van der Waals surface area (Å²) in [6.07, 6.45) is 0.440. The second-order valence-electron chi connectivity index (χ2n) is 5.64. The molecule has 0 aliphatic heterocycles. The molecule has 0 aromatic heterocycles. The van der Waals surface area contributed by atoms with Gasteiger partial charge in [0.15, 0.2) is 5.78 Å². The van der Waals surface area contributed by atoms with Gasteiger partial charge in [-0.15, -0.1) is 0 Å². The Bertz CT molecular complexity index is 463. The SMILES string of the molecule is CC(C)C(=O)N[C@@H](Cc1ccc(O)cc1)C(=O)C(C)C. The molecule has 110 valence electrons. The number of carbonyl (C=O) groups is 2. The van der Waals surface area contributed by atoms with Gasteiger partial charge in [0.1, 0.15) is 5.75 Å². The van der Waals surface area contributed by atoms with Crippen molar-refractivity contribution in [1.82, 2.24) is 5.32 Å². The molecule has 0 aliphatic carbocycles. The van der Waals surface area contributed by atoms with E-state index in [0.29, 0.717) is 6.42 Å². The molecule has 0 aliphatic rings. The van der Waals surface area contributed by atoms with E-state index < -0.39 is 6.04 Å². The Hall–Kier alpha value is -1.84. The van der Waals surface area contributed by atoms with Crippen molar-refractivity contribution in [2.75, 3.05) is 0 Å². The van der Waals surface area contributed by atoms with E-state index in [-0.39, 0.29) is 29.3 Å². The molecule has 0 spiro atoms. The average Bonchev–Trinajstić information content (AvgIpc) is 2.39. The first-order chi connectivity index (χ1) is 9.31. The van der Waals surface area contributed by atoms with Crippen molar-refractivity contribution < 1.29 is 14.7 Å². The van der Waals surface area contributed by atoms with E-state index in [1.54, 1.807) is 38.1 Å². The lowest BCUT2D eigenvalue weighted by Crippen LogP contribution is -2.45. The van der Waals surface area contributed by atoms with Gasteiger partial charge in [0, 0.05) is 11.8 Å². The minimum atomic E-state index is -0.519. The Kier molecular flexibility index (Phi) is 5.74. The standard InChI is InChI=1S/C16H23NO3/c1-10(2)15(19)14(17-16(20)11(3)4)9-12-5-7-13(18)8-6-12/h5-8,10-11,14,18H,9H2,1-4H3,(H,17,20)/t14-/m0/s1. The van der Waals surface area contributed by atoms with E-state index in [0.717, 1.165) is 5.56 Å². The molecule has 4 heteroatoms. The third-order valence-electron chi connectivity index (χ3n) is 3.13. The van der Waals surface area contributed by atoms with E-state index in [4.69, 9.17) is 0 Å². The minimum Gasteiger partial charge on any atom is -0.508 e. The quantitative estimate of drug-likeness (QED) is 0.838. The maximum absolute atomic E-state index is 12.2. The fourth-order valence-electron chi connectivity index (χ4n) is 1.83. The van der Waals surface area contributed by atoms with Gasteiger partial charge in [0.05, 0.1) is 6.04 Å². The maximum Gasteiger partial charge on any atom is 0.223 e. The second-order valence-corrected chi connectivity index (χ2v) is 5.64. The molecule has 1 amide bonds. The van der Waals surface area contributed by atoms with E-state index >= 15 is 0 Å². The van der Waals surface area contributed by atoms with Gasteiger partial charge in [-0.1, -0.05) is 39.8 Å². The van der Waals surface area contributed by atoms with E-state index in [1.807, 2.05) is 13.8 Å². The van der Waals surface area contributed by atoms with Crippen LogP contribution in [0.4, 0.5) is 0 Å². The van der Waals surface area contributed by atoms with Gasteiger partial charge in [-0.3, -0.25) is 9.59 Å². The van der Waals surface area contributed by atoms with Crippen LogP contribution in [0.2, 0.25) is 0 Å². The van der Waals surface area contributed by atoms with Gasteiger partial charge in [0.25, 0.3) is 0 Å². The highest BCUT2D eigenvalue weighted by Gasteiger charge is 2.24. The molecule has 0 fully saturated rings. The smallest absolute Gasteiger partial charge is 0.223 e. The van der Waals surface area contributed by atoms with Crippen molar-refractivity contribution in [2.45, 2.75) is 40.2 Å². The van der Waals surface area contributed by atoms with Gasteiger partial charge in [-0.25, -0.2) is 0 Å². The van der Waals surface area contributed by atoms with Crippen LogP contribution in [-0.4, -0.2) is 22.8 Å². The molecular weight excluding hydrogens is 254 g/mol. The first-order valence-corrected chi connectivity index (χ1v) is 6.93. The normalized spacial score (nSPS) is 12.5. The summed E-state index contributed by atoms with van der Waals surface area (Å²) in [5.41, 5.74) is 0.908. The van der Waals surface area contributed by atoms with Crippen molar-refractivity contribution in [2.24, 2.45) is 11.8 Å². The lowest BCUT2D eigenvalue weighted by atomic mass is 9.95. The predicted molar refractivity (Wildman–Crippen MR) is 78.4 cm³/mol. The summed E-state index contributed by atoms with van der Waals surface area (Å²) in [6.45, 7) is 7.25. The zero-order chi connectivity index (χ0) is 15.3.